The van der Waals surface area contributed by atoms with Crippen LogP contribution in [0.1, 0.15) is 30.2 Å². The first kappa shape index (κ1) is 15.4. The van der Waals surface area contributed by atoms with Crippen LogP contribution in [0.15, 0.2) is 6.20 Å². The number of carbonyl (C=O) groups excluding carboxylic acids is 1. The number of esters is 1. The Morgan fingerprint density at radius 1 is 1.53 bits per heavy atom. The van der Waals surface area contributed by atoms with Gasteiger partial charge in [-0.25, -0.2) is 0 Å². The molecule has 0 atom stereocenters. The minimum Gasteiger partial charge on any atom is -0.506 e. The highest BCUT2D eigenvalue weighted by atomic mass is 16.5. The van der Waals surface area contributed by atoms with Crippen molar-refractivity contribution in [1.29, 1.82) is 0 Å². The minimum atomic E-state index is -0.257. The fourth-order valence-corrected chi connectivity index (χ4v) is 1.65. The molecule has 0 aliphatic carbocycles. The van der Waals surface area contributed by atoms with E-state index in [-0.39, 0.29) is 24.7 Å². The number of hydrogen-bond acceptors (Lipinski definition) is 6. The molecule has 0 aromatic carbocycles. The second-order valence-electron chi connectivity index (χ2n) is 4.09. The van der Waals surface area contributed by atoms with E-state index in [1.165, 1.54) is 6.20 Å². The van der Waals surface area contributed by atoms with Crippen LogP contribution in [0.3, 0.4) is 0 Å². The van der Waals surface area contributed by atoms with Crippen LogP contribution in [0.5, 0.6) is 5.75 Å². The molecule has 6 nitrogen and oxygen atoms in total. The van der Waals surface area contributed by atoms with Gasteiger partial charge < -0.3 is 20.3 Å². The van der Waals surface area contributed by atoms with Crippen LogP contribution in [0.25, 0.3) is 0 Å². The number of nitrogens with one attached hydrogen (secondary N) is 1. The summed E-state index contributed by atoms with van der Waals surface area (Å²) in [6.07, 6.45) is 1.81. The molecule has 6 heteroatoms. The first-order chi connectivity index (χ1) is 9.10. The Hall–Kier alpha value is -1.66. The van der Waals surface area contributed by atoms with Crippen molar-refractivity contribution in [2.45, 2.75) is 33.4 Å². The molecule has 0 aliphatic heterocycles. The fraction of sp³-hybridized carbons (Fsp3) is 0.538. The molecule has 1 heterocycles. The van der Waals surface area contributed by atoms with Gasteiger partial charge in [0.25, 0.3) is 0 Å². The lowest BCUT2D eigenvalue weighted by atomic mass is 10.1. The van der Waals surface area contributed by atoms with Crippen LogP contribution in [0.4, 0.5) is 0 Å². The van der Waals surface area contributed by atoms with Crippen molar-refractivity contribution >= 4 is 5.97 Å². The maximum absolute atomic E-state index is 11.1. The topological polar surface area (TPSA) is 91.7 Å². The van der Waals surface area contributed by atoms with Crippen LogP contribution in [0.2, 0.25) is 0 Å². The lowest BCUT2D eigenvalue weighted by Crippen LogP contribution is -2.20. The van der Waals surface area contributed by atoms with Crippen LogP contribution in [-0.2, 0) is 22.7 Å². The van der Waals surface area contributed by atoms with Gasteiger partial charge in [0, 0.05) is 30.4 Å². The van der Waals surface area contributed by atoms with E-state index in [1.807, 2.05) is 0 Å². The van der Waals surface area contributed by atoms with Crippen molar-refractivity contribution in [1.82, 2.24) is 10.3 Å². The van der Waals surface area contributed by atoms with E-state index in [4.69, 9.17) is 4.74 Å². The molecule has 3 N–H and O–H groups in total. The average molecular weight is 268 g/mol. The molecule has 0 saturated heterocycles. The lowest BCUT2D eigenvalue weighted by Gasteiger charge is -2.12. The number of aliphatic hydroxyl groups is 1. The molecule has 0 unspecified atom stereocenters. The third-order valence-electron chi connectivity index (χ3n) is 2.71. The van der Waals surface area contributed by atoms with Gasteiger partial charge in [-0.1, -0.05) is 0 Å². The van der Waals surface area contributed by atoms with Gasteiger partial charge in [-0.05, 0) is 13.8 Å². The van der Waals surface area contributed by atoms with E-state index in [0.29, 0.717) is 36.5 Å². The summed E-state index contributed by atoms with van der Waals surface area (Å²) in [4.78, 5) is 15.1. The van der Waals surface area contributed by atoms with E-state index in [9.17, 15) is 15.0 Å². The van der Waals surface area contributed by atoms with Gasteiger partial charge in [-0.2, -0.15) is 0 Å². The van der Waals surface area contributed by atoms with Gasteiger partial charge in [-0.15, -0.1) is 0 Å². The van der Waals surface area contributed by atoms with Gasteiger partial charge >= 0.3 is 5.97 Å². The summed E-state index contributed by atoms with van der Waals surface area (Å²) >= 11 is 0. The van der Waals surface area contributed by atoms with Crippen molar-refractivity contribution in [2.75, 3.05) is 13.2 Å². The van der Waals surface area contributed by atoms with Crippen molar-refractivity contribution in [3.05, 3.63) is 23.0 Å². The Morgan fingerprint density at radius 2 is 2.26 bits per heavy atom. The SMILES string of the molecule is CCOC(=O)CCNCc1c(CO)cnc(C)c1O. The molecule has 1 aromatic rings. The number of pyridine rings is 1. The highest BCUT2D eigenvalue weighted by molar-refractivity contribution is 5.69. The summed E-state index contributed by atoms with van der Waals surface area (Å²) in [6.45, 7) is 4.46. The second-order valence-corrected chi connectivity index (χ2v) is 4.09. The lowest BCUT2D eigenvalue weighted by molar-refractivity contribution is -0.142. The zero-order chi connectivity index (χ0) is 14.3. The van der Waals surface area contributed by atoms with Crippen LogP contribution >= 0.6 is 0 Å². The Morgan fingerprint density at radius 3 is 2.89 bits per heavy atom. The van der Waals surface area contributed by atoms with Crippen LogP contribution in [-0.4, -0.2) is 34.3 Å². The number of nitrogens with zero attached hydrogens (tertiary/aromatic N) is 1. The number of carbonyl (C=O) groups is 1. The Balaban J connectivity index is 2.53. The molecule has 0 fully saturated rings. The number of aryl methyl sites for hydroxylation is 1. The number of rotatable bonds is 7. The quantitative estimate of drug-likeness (QED) is 0.496. The van der Waals surface area contributed by atoms with E-state index in [0.717, 1.165) is 0 Å². The zero-order valence-electron chi connectivity index (χ0n) is 11.3. The van der Waals surface area contributed by atoms with Crippen LogP contribution in [0, 0.1) is 6.92 Å². The van der Waals surface area contributed by atoms with Crippen molar-refractivity contribution in [3.8, 4) is 5.75 Å². The molecule has 1 aromatic heterocycles. The van der Waals surface area contributed by atoms with E-state index in [1.54, 1.807) is 13.8 Å². The summed E-state index contributed by atoms with van der Waals surface area (Å²) in [5.74, 6) is -0.178. The predicted molar refractivity (Wildman–Crippen MR) is 69.5 cm³/mol. The van der Waals surface area contributed by atoms with E-state index in [2.05, 4.69) is 10.3 Å². The highest BCUT2D eigenvalue weighted by Crippen LogP contribution is 2.23. The number of hydrogen-bond donors (Lipinski definition) is 3. The third-order valence-corrected chi connectivity index (χ3v) is 2.71. The Kier molecular flexibility index (Phi) is 6.24. The normalized spacial score (nSPS) is 10.5. The summed E-state index contributed by atoms with van der Waals surface area (Å²) in [5, 5.41) is 22.1. The smallest absolute Gasteiger partial charge is 0.307 e. The molecular formula is C13H20N2O4. The first-order valence-electron chi connectivity index (χ1n) is 6.23. The molecule has 19 heavy (non-hydrogen) atoms. The van der Waals surface area contributed by atoms with Crippen molar-refractivity contribution in [3.63, 3.8) is 0 Å². The number of aliphatic hydroxyl groups excluding tert-OH is 1. The molecule has 0 bridgehead atoms. The van der Waals surface area contributed by atoms with Crippen molar-refractivity contribution < 1.29 is 19.7 Å². The molecule has 1 rings (SSSR count). The number of aromatic nitrogens is 1. The van der Waals surface area contributed by atoms with Gasteiger partial charge in [0.2, 0.25) is 0 Å². The monoisotopic (exact) mass is 268 g/mol. The van der Waals surface area contributed by atoms with Crippen molar-refractivity contribution in [2.24, 2.45) is 0 Å². The molecular weight excluding hydrogens is 248 g/mol. The maximum Gasteiger partial charge on any atom is 0.307 e. The molecule has 106 valence electrons. The third kappa shape index (κ3) is 4.50. The molecule has 0 saturated carbocycles. The van der Waals surface area contributed by atoms with Gasteiger partial charge in [-0.3, -0.25) is 9.78 Å². The molecule has 0 spiro atoms. The van der Waals surface area contributed by atoms with Gasteiger partial charge in [0.15, 0.2) is 0 Å². The minimum absolute atomic E-state index is 0.0789. The summed E-state index contributed by atoms with van der Waals surface area (Å²) in [7, 11) is 0. The number of ether oxygens (including phenoxy) is 1. The Labute approximate surface area is 112 Å². The fourth-order valence-electron chi connectivity index (χ4n) is 1.65. The second kappa shape index (κ2) is 7.70. The predicted octanol–water partition coefficient (Wildman–Crippen LogP) is 0.631. The van der Waals surface area contributed by atoms with Gasteiger partial charge in [0.1, 0.15) is 5.75 Å². The summed E-state index contributed by atoms with van der Waals surface area (Å²) in [5.41, 5.74) is 1.70. The van der Waals surface area contributed by atoms with E-state index < -0.39 is 0 Å². The van der Waals surface area contributed by atoms with E-state index >= 15 is 0 Å². The maximum atomic E-state index is 11.1. The summed E-state index contributed by atoms with van der Waals surface area (Å²) in [6, 6.07) is 0. The average Bonchev–Trinajstić information content (AvgIpc) is 2.39. The van der Waals surface area contributed by atoms with Gasteiger partial charge in [0.05, 0.1) is 25.3 Å². The first-order valence-corrected chi connectivity index (χ1v) is 6.23. The number of aromatic hydroxyl groups is 1. The molecule has 0 radical (unpaired) electrons. The molecule has 0 aliphatic rings. The summed E-state index contributed by atoms with van der Waals surface area (Å²) < 4.78 is 4.80. The Bertz CT molecular complexity index is 435. The standard InChI is InChI=1S/C13H20N2O4/c1-3-19-12(17)4-5-14-7-11-10(8-16)6-15-9(2)13(11)18/h6,14,16,18H,3-5,7-8H2,1-2H3. The largest absolute Gasteiger partial charge is 0.506 e. The van der Waals surface area contributed by atoms with Crippen LogP contribution < -0.4 is 5.32 Å². The molecule has 0 amide bonds. The zero-order valence-corrected chi connectivity index (χ0v) is 11.3. The highest BCUT2D eigenvalue weighted by Gasteiger charge is 2.11.